The normalized spacial score (nSPS) is 10.7. The SMILES string of the molecule is COc1ccccc1P(c1ccccc1OC)c1cc(C)cc(Br)c1OC. The topological polar surface area (TPSA) is 27.7 Å². The average molecular weight is 445 g/mol. The summed E-state index contributed by atoms with van der Waals surface area (Å²) in [4.78, 5) is 0. The molecule has 0 saturated heterocycles. The van der Waals surface area contributed by atoms with Crippen molar-refractivity contribution in [3.05, 3.63) is 70.7 Å². The van der Waals surface area contributed by atoms with E-state index >= 15 is 0 Å². The number of para-hydroxylation sites is 2. The van der Waals surface area contributed by atoms with E-state index < -0.39 is 7.92 Å². The Morgan fingerprint density at radius 1 is 0.704 bits per heavy atom. The second-order valence-electron chi connectivity index (χ2n) is 5.98. The molecule has 0 heterocycles. The summed E-state index contributed by atoms with van der Waals surface area (Å²) in [5, 5.41) is 3.36. The Hall–Kier alpha value is -2.03. The Bertz CT molecular complexity index is 895. The van der Waals surface area contributed by atoms with E-state index in [1.165, 1.54) is 0 Å². The van der Waals surface area contributed by atoms with Crippen molar-refractivity contribution in [2.75, 3.05) is 21.3 Å². The molecule has 0 radical (unpaired) electrons. The first-order valence-corrected chi connectivity index (χ1v) is 10.6. The summed E-state index contributed by atoms with van der Waals surface area (Å²) >= 11 is 3.67. The van der Waals surface area contributed by atoms with Crippen molar-refractivity contribution in [3.8, 4) is 17.2 Å². The van der Waals surface area contributed by atoms with E-state index in [1.807, 2.05) is 36.4 Å². The highest BCUT2D eigenvalue weighted by Crippen LogP contribution is 2.44. The number of halogens is 1. The van der Waals surface area contributed by atoms with Gasteiger partial charge < -0.3 is 14.2 Å². The van der Waals surface area contributed by atoms with E-state index in [0.717, 1.165) is 43.2 Å². The van der Waals surface area contributed by atoms with Gasteiger partial charge in [-0.1, -0.05) is 36.4 Å². The highest BCUT2D eigenvalue weighted by Gasteiger charge is 2.27. The molecule has 0 bridgehead atoms. The summed E-state index contributed by atoms with van der Waals surface area (Å²) in [6, 6.07) is 20.5. The minimum Gasteiger partial charge on any atom is -0.496 e. The van der Waals surface area contributed by atoms with Gasteiger partial charge in [0.25, 0.3) is 0 Å². The highest BCUT2D eigenvalue weighted by molar-refractivity contribution is 9.10. The summed E-state index contributed by atoms with van der Waals surface area (Å²) in [6.07, 6.45) is 0. The van der Waals surface area contributed by atoms with E-state index in [0.29, 0.717) is 0 Å². The molecular weight excluding hydrogens is 423 g/mol. The van der Waals surface area contributed by atoms with Gasteiger partial charge in [0.1, 0.15) is 17.2 Å². The molecule has 3 rings (SSSR count). The fraction of sp³-hybridized carbons (Fsp3) is 0.182. The molecule has 0 spiro atoms. The molecule has 0 amide bonds. The molecule has 0 atom stereocenters. The zero-order valence-electron chi connectivity index (χ0n) is 15.8. The van der Waals surface area contributed by atoms with E-state index in [-0.39, 0.29) is 0 Å². The molecular formula is C22H22BrO3P. The van der Waals surface area contributed by atoms with Crippen molar-refractivity contribution in [3.63, 3.8) is 0 Å². The molecule has 0 aliphatic heterocycles. The van der Waals surface area contributed by atoms with Crippen LogP contribution in [0.25, 0.3) is 0 Å². The Balaban J connectivity index is 2.36. The number of hydrogen-bond acceptors (Lipinski definition) is 3. The van der Waals surface area contributed by atoms with Gasteiger partial charge in [-0.25, -0.2) is 0 Å². The van der Waals surface area contributed by atoms with Crippen molar-refractivity contribution in [2.45, 2.75) is 6.92 Å². The van der Waals surface area contributed by atoms with Crippen molar-refractivity contribution in [2.24, 2.45) is 0 Å². The van der Waals surface area contributed by atoms with Crippen LogP contribution in [0.5, 0.6) is 17.2 Å². The molecule has 0 N–H and O–H groups in total. The van der Waals surface area contributed by atoms with Crippen molar-refractivity contribution < 1.29 is 14.2 Å². The maximum absolute atomic E-state index is 5.79. The lowest BCUT2D eigenvalue weighted by atomic mass is 10.2. The van der Waals surface area contributed by atoms with Gasteiger partial charge in [-0.2, -0.15) is 0 Å². The third-order valence-corrected chi connectivity index (χ3v) is 7.37. The Kier molecular flexibility index (Phi) is 6.41. The molecule has 0 aliphatic carbocycles. The molecule has 3 nitrogen and oxygen atoms in total. The van der Waals surface area contributed by atoms with Crippen LogP contribution in [-0.2, 0) is 0 Å². The standard InChI is InChI=1S/C22H22BrO3P/c1-15-13-16(23)22(26-4)21(14-15)27(19-11-7-5-9-17(19)24-2)20-12-8-6-10-18(20)25-3/h5-14H,1-4H3. The van der Waals surface area contributed by atoms with Gasteiger partial charge in [0.15, 0.2) is 0 Å². The fourth-order valence-corrected chi connectivity index (χ4v) is 6.76. The van der Waals surface area contributed by atoms with Crippen molar-refractivity contribution in [1.29, 1.82) is 0 Å². The first-order chi connectivity index (χ1) is 13.1. The number of hydrogen-bond donors (Lipinski definition) is 0. The van der Waals surface area contributed by atoms with Crippen LogP contribution in [0, 0.1) is 6.92 Å². The van der Waals surface area contributed by atoms with Gasteiger partial charge in [0.2, 0.25) is 0 Å². The molecule has 0 fully saturated rings. The molecule has 3 aromatic rings. The van der Waals surface area contributed by atoms with Crippen LogP contribution >= 0.6 is 23.9 Å². The van der Waals surface area contributed by atoms with Crippen LogP contribution in [0.3, 0.4) is 0 Å². The number of benzene rings is 3. The fourth-order valence-electron chi connectivity index (χ4n) is 3.10. The maximum atomic E-state index is 5.79. The van der Waals surface area contributed by atoms with E-state index in [4.69, 9.17) is 14.2 Å². The Morgan fingerprint density at radius 3 is 1.70 bits per heavy atom. The molecule has 0 aliphatic rings. The van der Waals surface area contributed by atoms with Gasteiger partial charge in [0, 0.05) is 15.9 Å². The van der Waals surface area contributed by atoms with Crippen molar-refractivity contribution in [1.82, 2.24) is 0 Å². The Labute approximate surface area is 170 Å². The minimum atomic E-state index is -0.963. The molecule has 5 heteroatoms. The first-order valence-electron chi connectivity index (χ1n) is 8.51. The molecule has 27 heavy (non-hydrogen) atoms. The summed E-state index contributed by atoms with van der Waals surface area (Å²) in [5.74, 6) is 2.55. The lowest BCUT2D eigenvalue weighted by molar-refractivity contribution is 0.415. The quantitative estimate of drug-likeness (QED) is 0.522. The predicted molar refractivity (Wildman–Crippen MR) is 117 cm³/mol. The minimum absolute atomic E-state index is 0.837. The van der Waals surface area contributed by atoms with Gasteiger partial charge >= 0.3 is 0 Å². The van der Waals surface area contributed by atoms with Crippen LogP contribution in [0.2, 0.25) is 0 Å². The third kappa shape index (κ3) is 3.97. The number of rotatable bonds is 6. The van der Waals surface area contributed by atoms with Gasteiger partial charge in [-0.15, -0.1) is 0 Å². The van der Waals surface area contributed by atoms with E-state index in [2.05, 4.69) is 47.1 Å². The summed E-state index contributed by atoms with van der Waals surface area (Å²) < 4.78 is 18.1. The molecule has 0 aromatic heterocycles. The van der Waals surface area contributed by atoms with E-state index in [1.54, 1.807) is 21.3 Å². The largest absolute Gasteiger partial charge is 0.496 e. The zero-order valence-corrected chi connectivity index (χ0v) is 18.3. The summed E-state index contributed by atoms with van der Waals surface area (Å²) in [7, 11) is 4.15. The van der Waals surface area contributed by atoms with E-state index in [9.17, 15) is 0 Å². The second kappa shape index (κ2) is 8.77. The highest BCUT2D eigenvalue weighted by atomic mass is 79.9. The van der Waals surface area contributed by atoms with Crippen LogP contribution in [-0.4, -0.2) is 21.3 Å². The van der Waals surface area contributed by atoms with Gasteiger partial charge in [-0.05, 0) is 60.6 Å². The second-order valence-corrected chi connectivity index (χ2v) is 8.95. The van der Waals surface area contributed by atoms with Gasteiger partial charge in [0.05, 0.1) is 25.8 Å². The molecule has 3 aromatic carbocycles. The zero-order chi connectivity index (χ0) is 19.4. The monoisotopic (exact) mass is 444 g/mol. The predicted octanol–water partition coefficient (Wildman–Crippen LogP) is 4.54. The van der Waals surface area contributed by atoms with Crippen molar-refractivity contribution >= 4 is 39.8 Å². The number of methoxy groups -OCH3 is 3. The smallest absolute Gasteiger partial charge is 0.141 e. The average Bonchev–Trinajstić information content (AvgIpc) is 2.68. The lowest BCUT2D eigenvalue weighted by Crippen LogP contribution is -2.24. The Morgan fingerprint density at radius 2 is 1.22 bits per heavy atom. The molecule has 0 unspecified atom stereocenters. The maximum Gasteiger partial charge on any atom is 0.141 e. The van der Waals surface area contributed by atoms with Crippen LogP contribution in [0.1, 0.15) is 5.56 Å². The van der Waals surface area contributed by atoms with Gasteiger partial charge in [-0.3, -0.25) is 0 Å². The van der Waals surface area contributed by atoms with Crippen LogP contribution < -0.4 is 30.1 Å². The lowest BCUT2D eigenvalue weighted by Gasteiger charge is -2.25. The number of ether oxygens (including phenoxy) is 3. The molecule has 0 saturated carbocycles. The number of aryl methyl sites for hydroxylation is 1. The molecule has 140 valence electrons. The van der Waals surface area contributed by atoms with Crippen LogP contribution in [0.15, 0.2) is 65.1 Å². The third-order valence-electron chi connectivity index (χ3n) is 4.27. The van der Waals surface area contributed by atoms with Crippen LogP contribution in [0.4, 0.5) is 0 Å². The summed E-state index contributed by atoms with van der Waals surface area (Å²) in [6.45, 7) is 2.09. The summed E-state index contributed by atoms with van der Waals surface area (Å²) in [5.41, 5.74) is 1.16. The first kappa shape index (κ1) is 19.7.